The first kappa shape index (κ1) is 26.0. The Labute approximate surface area is 199 Å². The normalized spacial score (nSPS) is 12.4. The van der Waals surface area contributed by atoms with E-state index < -0.39 is 16.1 Å². The fourth-order valence-corrected chi connectivity index (χ4v) is 4.67. The lowest BCUT2D eigenvalue weighted by Crippen LogP contribution is -2.47. The molecule has 0 aromatic heterocycles. The minimum atomic E-state index is -3.61. The molecule has 0 unspecified atom stereocenters. The third-order valence-electron chi connectivity index (χ3n) is 5.10. The molecule has 0 spiro atoms. The van der Waals surface area contributed by atoms with Crippen LogP contribution in [0.15, 0.2) is 64.0 Å². The summed E-state index contributed by atoms with van der Waals surface area (Å²) in [7, 11) is -2.10. The Kier molecular flexibility index (Phi) is 9.86. The van der Waals surface area contributed by atoms with Gasteiger partial charge in [-0.2, -0.15) is 0 Å². The minimum absolute atomic E-state index is 0.134. The van der Waals surface area contributed by atoms with Crippen molar-refractivity contribution in [3.63, 3.8) is 0 Å². The van der Waals surface area contributed by atoms with Gasteiger partial charge in [-0.3, -0.25) is 9.59 Å². The summed E-state index contributed by atoms with van der Waals surface area (Å²) in [6, 6.07) is 15.1. The van der Waals surface area contributed by atoms with Crippen molar-refractivity contribution in [3.8, 4) is 0 Å². The van der Waals surface area contributed by atoms with Gasteiger partial charge in [0.1, 0.15) is 6.04 Å². The molecule has 0 radical (unpaired) electrons. The molecule has 0 heterocycles. The molecule has 0 aliphatic carbocycles. The number of carbonyl (C=O) groups excluding carboxylic acids is 2. The van der Waals surface area contributed by atoms with Gasteiger partial charge in [-0.25, -0.2) is 12.7 Å². The van der Waals surface area contributed by atoms with Gasteiger partial charge in [0.05, 0.1) is 4.90 Å². The Morgan fingerprint density at radius 2 is 1.69 bits per heavy atom. The Morgan fingerprint density at radius 1 is 1.06 bits per heavy atom. The van der Waals surface area contributed by atoms with E-state index in [-0.39, 0.29) is 29.7 Å². The number of nitrogens with zero attached hydrogens (tertiary/aromatic N) is 2. The molecule has 0 saturated carbocycles. The highest BCUT2D eigenvalue weighted by Crippen LogP contribution is 2.17. The lowest BCUT2D eigenvalue weighted by atomic mass is 10.1. The van der Waals surface area contributed by atoms with Crippen LogP contribution in [0.2, 0.25) is 0 Å². The number of hydrogen-bond acceptors (Lipinski definition) is 4. The Bertz CT molecular complexity index is 998. The van der Waals surface area contributed by atoms with E-state index in [9.17, 15) is 18.0 Å². The van der Waals surface area contributed by atoms with Gasteiger partial charge in [-0.05, 0) is 50.1 Å². The zero-order valence-corrected chi connectivity index (χ0v) is 21.0. The average Bonchev–Trinajstić information content (AvgIpc) is 2.78. The number of sulfonamides is 1. The molecule has 32 heavy (non-hydrogen) atoms. The number of amides is 2. The minimum Gasteiger partial charge on any atom is -0.355 e. The Balaban J connectivity index is 2.05. The van der Waals surface area contributed by atoms with Gasteiger partial charge in [0, 0.05) is 37.6 Å². The first-order valence-electron chi connectivity index (χ1n) is 10.5. The summed E-state index contributed by atoms with van der Waals surface area (Å²) in [5.74, 6) is -0.418. The van der Waals surface area contributed by atoms with Crippen LogP contribution in [0.1, 0.15) is 32.3 Å². The average molecular weight is 524 g/mol. The smallest absolute Gasteiger partial charge is 0.242 e. The predicted octanol–water partition coefficient (Wildman–Crippen LogP) is 3.40. The van der Waals surface area contributed by atoms with Crippen LogP contribution in [0.25, 0.3) is 0 Å². The number of benzene rings is 2. The van der Waals surface area contributed by atoms with Crippen molar-refractivity contribution in [3.05, 3.63) is 64.6 Å². The molecule has 0 bridgehead atoms. The van der Waals surface area contributed by atoms with E-state index in [1.807, 2.05) is 31.2 Å². The number of nitrogens with one attached hydrogen (secondary N) is 1. The van der Waals surface area contributed by atoms with Gasteiger partial charge in [-0.1, -0.05) is 46.3 Å². The van der Waals surface area contributed by atoms with Crippen molar-refractivity contribution < 1.29 is 18.0 Å². The second kappa shape index (κ2) is 12.1. The van der Waals surface area contributed by atoms with Gasteiger partial charge in [-0.15, -0.1) is 0 Å². The molecule has 1 atom stereocenters. The molecule has 1 N–H and O–H groups in total. The second-order valence-corrected chi connectivity index (χ2v) is 10.4. The van der Waals surface area contributed by atoms with Crippen LogP contribution in [0, 0.1) is 0 Å². The van der Waals surface area contributed by atoms with Crippen molar-refractivity contribution >= 4 is 37.8 Å². The number of likely N-dealkylation sites (N-methyl/N-ethyl adjacent to an activating group) is 1. The summed E-state index contributed by atoms with van der Waals surface area (Å²) in [6.45, 7) is 4.50. The molecule has 174 valence electrons. The third kappa shape index (κ3) is 7.15. The van der Waals surface area contributed by atoms with E-state index in [2.05, 4.69) is 21.2 Å². The van der Waals surface area contributed by atoms with Crippen LogP contribution < -0.4 is 5.32 Å². The monoisotopic (exact) mass is 523 g/mol. The molecular formula is C23H30BrN3O4S. The van der Waals surface area contributed by atoms with Crippen LogP contribution in [0.4, 0.5) is 0 Å². The summed E-state index contributed by atoms with van der Waals surface area (Å²) in [5.41, 5.74) is 0.904. The van der Waals surface area contributed by atoms with Gasteiger partial charge in [0.25, 0.3) is 0 Å². The van der Waals surface area contributed by atoms with Crippen molar-refractivity contribution in [2.24, 2.45) is 0 Å². The summed E-state index contributed by atoms with van der Waals surface area (Å²) >= 11 is 3.40. The van der Waals surface area contributed by atoms with Gasteiger partial charge < -0.3 is 10.2 Å². The van der Waals surface area contributed by atoms with E-state index in [4.69, 9.17) is 0 Å². The van der Waals surface area contributed by atoms with E-state index in [0.29, 0.717) is 19.5 Å². The summed E-state index contributed by atoms with van der Waals surface area (Å²) in [5, 5.41) is 2.76. The molecule has 0 aliphatic heterocycles. The van der Waals surface area contributed by atoms with Gasteiger partial charge in [0.15, 0.2) is 0 Å². The maximum Gasteiger partial charge on any atom is 0.242 e. The fraction of sp³-hybridized carbons (Fsp3) is 0.391. The highest BCUT2D eigenvalue weighted by Gasteiger charge is 2.26. The van der Waals surface area contributed by atoms with E-state index >= 15 is 0 Å². The number of carbonyl (C=O) groups is 2. The quantitative estimate of drug-likeness (QED) is 0.488. The molecule has 2 aromatic rings. The summed E-state index contributed by atoms with van der Waals surface area (Å²) in [6.07, 6.45) is 0.481. The first-order chi connectivity index (χ1) is 15.2. The van der Waals surface area contributed by atoms with Crippen LogP contribution >= 0.6 is 15.9 Å². The molecule has 7 nitrogen and oxygen atoms in total. The highest BCUT2D eigenvalue weighted by molar-refractivity contribution is 9.10. The van der Waals surface area contributed by atoms with Crippen molar-refractivity contribution in [1.82, 2.24) is 14.5 Å². The number of hydrogen-bond donors (Lipinski definition) is 1. The second-order valence-electron chi connectivity index (χ2n) is 7.46. The fourth-order valence-electron chi connectivity index (χ4n) is 3.18. The molecule has 0 aliphatic rings. The molecule has 0 saturated heterocycles. The van der Waals surface area contributed by atoms with Crippen molar-refractivity contribution in [1.29, 1.82) is 0 Å². The van der Waals surface area contributed by atoms with E-state index in [0.717, 1.165) is 10.0 Å². The molecule has 0 fully saturated rings. The third-order valence-corrected chi connectivity index (χ3v) is 7.50. The largest absolute Gasteiger partial charge is 0.355 e. The summed E-state index contributed by atoms with van der Waals surface area (Å²) in [4.78, 5) is 27.2. The number of rotatable bonds is 11. The van der Waals surface area contributed by atoms with Crippen LogP contribution in [0.3, 0.4) is 0 Å². The van der Waals surface area contributed by atoms with Crippen LogP contribution in [0.5, 0.6) is 0 Å². The van der Waals surface area contributed by atoms with Crippen LogP contribution in [-0.2, 0) is 26.2 Å². The zero-order valence-electron chi connectivity index (χ0n) is 18.6. The molecule has 2 amide bonds. The predicted molar refractivity (Wildman–Crippen MR) is 128 cm³/mol. The lowest BCUT2D eigenvalue weighted by Gasteiger charge is -2.29. The van der Waals surface area contributed by atoms with Crippen molar-refractivity contribution in [2.45, 2.75) is 44.2 Å². The Morgan fingerprint density at radius 3 is 2.28 bits per heavy atom. The van der Waals surface area contributed by atoms with Crippen LogP contribution in [-0.4, -0.2) is 55.6 Å². The van der Waals surface area contributed by atoms with E-state index in [1.54, 1.807) is 42.2 Å². The topological polar surface area (TPSA) is 86.8 Å². The molecule has 9 heteroatoms. The SMILES string of the molecule is CCNC(=O)[C@@H](C)N(Cc1ccc(Br)cc1)C(=O)CCCN(C)S(=O)(=O)c1ccccc1. The van der Waals surface area contributed by atoms with Gasteiger partial charge in [0.2, 0.25) is 21.8 Å². The zero-order chi connectivity index (χ0) is 23.7. The first-order valence-corrected chi connectivity index (χ1v) is 12.7. The Hall–Kier alpha value is -2.23. The lowest BCUT2D eigenvalue weighted by molar-refractivity contribution is -0.140. The molecule has 2 aromatic carbocycles. The standard InChI is InChI=1S/C23H30BrN3O4S/c1-4-25-23(29)18(2)27(17-19-12-14-20(24)15-13-19)22(28)11-8-16-26(3)32(30,31)21-9-6-5-7-10-21/h5-7,9-10,12-15,18H,4,8,11,16-17H2,1-3H3,(H,25,29)/t18-/m1/s1. The summed E-state index contributed by atoms with van der Waals surface area (Å²) < 4.78 is 27.5. The van der Waals surface area contributed by atoms with Crippen molar-refractivity contribution in [2.75, 3.05) is 20.1 Å². The maximum atomic E-state index is 13.0. The molecule has 2 rings (SSSR count). The van der Waals surface area contributed by atoms with Gasteiger partial charge >= 0.3 is 0 Å². The number of halogens is 1. The van der Waals surface area contributed by atoms with E-state index in [1.165, 1.54) is 11.4 Å². The maximum absolute atomic E-state index is 13.0. The highest BCUT2D eigenvalue weighted by atomic mass is 79.9. The molecular weight excluding hydrogens is 494 g/mol.